The molecule has 0 atom stereocenters. The van der Waals surface area contributed by atoms with Crippen LogP contribution in [-0.2, 0) is 0 Å². The Balaban J connectivity index is 0.000000104. The Morgan fingerprint density at radius 3 is 0.641 bits per heavy atom. The molecule has 0 unspecified atom stereocenters. The first-order chi connectivity index (χ1) is 57.7. The second kappa shape index (κ2) is 36.0. The van der Waals surface area contributed by atoms with Gasteiger partial charge in [0.1, 0.15) is 0 Å². The number of rotatable bonds is 2. The topological polar surface area (TPSA) is 43.1 Å². The van der Waals surface area contributed by atoms with Crippen molar-refractivity contribution in [2.45, 2.75) is 144 Å². The summed E-state index contributed by atoms with van der Waals surface area (Å²) in [5.74, 6) is 3.68. The first kappa shape index (κ1) is 78.8. The quantitative estimate of drug-likeness (QED) is 0.173. The molecule has 15 aromatic carbocycles. The van der Waals surface area contributed by atoms with Crippen molar-refractivity contribution in [3.63, 3.8) is 0 Å². The van der Waals surface area contributed by atoms with Crippen LogP contribution in [0.1, 0.15) is 114 Å². The first-order valence-corrected chi connectivity index (χ1v) is 44.2. The molecule has 5 aliphatic rings. The monoisotopic (exact) mass is 1580 g/mol. The molecule has 582 valence electrons. The highest BCUT2D eigenvalue weighted by Gasteiger charge is 2.28. The van der Waals surface area contributed by atoms with Crippen molar-refractivity contribution in [2.24, 2.45) is 0 Å². The summed E-state index contributed by atoms with van der Waals surface area (Å²) in [6.45, 7) is 21.5. The van der Waals surface area contributed by atoms with Crippen LogP contribution in [-0.4, -0.2) is 22.8 Å². The number of para-hydroxylation sites is 17. The molecule has 0 fully saturated rings. The van der Waals surface area contributed by atoms with Gasteiger partial charge in [0.25, 0.3) is 0 Å². The highest BCUT2D eigenvalue weighted by atomic mass is 32.2. The number of hydrogen-bond donors (Lipinski definition) is 0. The molecule has 7 nitrogen and oxygen atoms in total. The van der Waals surface area contributed by atoms with Gasteiger partial charge in [0.2, 0.25) is 0 Å². The third-order valence-corrected chi connectivity index (χ3v) is 24.3. The number of unbranched alkanes of at least 4 members (excludes halogenated alkanes) is 2. The second-order valence-corrected chi connectivity index (χ2v) is 32.7. The summed E-state index contributed by atoms with van der Waals surface area (Å²) in [7, 11) is 0. The summed E-state index contributed by atoms with van der Waals surface area (Å²) in [6, 6.07) is 118. The fourth-order valence-corrected chi connectivity index (χ4v) is 19.1. The Morgan fingerprint density at radius 2 is 0.368 bits per heavy atom. The fourth-order valence-electron chi connectivity index (χ4n) is 15.8. The summed E-state index contributed by atoms with van der Waals surface area (Å²) in [4.78, 5) is 8.02. The summed E-state index contributed by atoms with van der Waals surface area (Å²) < 4.78 is 24.0. The minimum absolute atomic E-state index is 0.911. The zero-order chi connectivity index (χ0) is 80.5. The first-order valence-electron chi connectivity index (χ1n) is 41.7. The molecule has 5 aromatic heterocycles. The van der Waals surface area contributed by atoms with Gasteiger partial charge in [-0.2, -0.15) is 0 Å². The highest BCUT2D eigenvalue weighted by Crippen LogP contribution is 2.52. The van der Waals surface area contributed by atoms with Crippen molar-refractivity contribution in [1.29, 1.82) is 0 Å². The van der Waals surface area contributed by atoms with Crippen molar-refractivity contribution < 1.29 is 9.47 Å². The zero-order valence-corrected chi connectivity index (χ0v) is 70.9. The van der Waals surface area contributed by atoms with Gasteiger partial charge in [-0.1, -0.05) is 362 Å². The van der Waals surface area contributed by atoms with E-state index in [1.807, 2.05) is 71.7 Å². The van der Waals surface area contributed by atoms with Crippen LogP contribution < -0.4 is 9.47 Å². The molecular formula is C107H99N5O2S3. The van der Waals surface area contributed by atoms with E-state index in [9.17, 15) is 0 Å². The Morgan fingerprint density at radius 1 is 0.179 bits per heavy atom. The van der Waals surface area contributed by atoms with Crippen molar-refractivity contribution in [1.82, 2.24) is 22.8 Å². The summed E-state index contributed by atoms with van der Waals surface area (Å²) in [5.41, 5.74) is 18.8. The molecule has 25 rings (SSSR count). The molecule has 117 heavy (non-hydrogen) atoms. The predicted octanol–water partition coefficient (Wildman–Crippen LogP) is 33.4. The van der Waals surface area contributed by atoms with Crippen LogP contribution >= 0.6 is 35.3 Å². The van der Waals surface area contributed by atoms with E-state index >= 15 is 0 Å². The molecule has 0 spiro atoms. The maximum Gasteiger partial charge on any atom is 0.152 e. The highest BCUT2D eigenvalue weighted by molar-refractivity contribution is 8.00. The Kier molecular flexibility index (Phi) is 24.2. The smallest absolute Gasteiger partial charge is 0.152 e. The van der Waals surface area contributed by atoms with E-state index in [2.05, 4.69) is 389 Å². The molecule has 10 heteroatoms. The molecule has 0 saturated carbocycles. The minimum atomic E-state index is 0.911. The van der Waals surface area contributed by atoms with Crippen LogP contribution in [0.2, 0.25) is 0 Å². The van der Waals surface area contributed by atoms with E-state index in [1.54, 1.807) is 0 Å². The van der Waals surface area contributed by atoms with Gasteiger partial charge >= 0.3 is 0 Å². The lowest BCUT2D eigenvalue weighted by atomic mass is 10.1. The van der Waals surface area contributed by atoms with Crippen LogP contribution in [0.3, 0.4) is 0 Å². The third-order valence-electron chi connectivity index (χ3n) is 20.9. The molecule has 10 heterocycles. The Hall–Kier alpha value is -12.1. The van der Waals surface area contributed by atoms with Crippen LogP contribution in [0.4, 0.5) is 0 Å². The van der Waals surface area contributed by atoms with Crippen LogP contribution in [0.15, 0.2) is 363 Å². The van der Waals surface area contributed by atoms with E-state index in [-0.39, 0.29) is 0 Å². The van der Waals surface area contributed by atoms with E-state index in [0.29, 0.717) is 0 Å². The lowest BCUT2D eigenvalue weighted by molar-refractivity contribution is 0.476. The number of benzene rings is 15. The van der Waals surface area contributed by atoms with Gasteiger partial charge < -0.3 is 32.3 Å². The summed E-state index contributed by atoms with van der Waals surface area (Å²) >= 11 is 5.61. The molecule has 0 saturated heterocycles. The molecular weight excluding hydrogens is 1480 g/mol. The SMILES string of the molecule is CCC.CCC.CCC.CCCC.CCCC.c1ccc2c(c1)Oc1cccc3c4ccccc4n-2c13.c1ccc2c(c1)Oc1cccc3c4ccccc4n-2c13.c1ccc2c(c1)Sc1cccc3c4ccccc4n-2c13.c1ccc2c(c1)Sc1cccc3c4ccccc4n-2c13.c1ccc2c(c1)Sc1cccc3c4ccccc4n-2c13. The fraction of sp³-hybridized carbons (Fsp3) is 0.159. The van der Waals surface area contributed by atoms with Gasteiger partial charge in [0, 0.05) is 83.2 Å². The van der Waals surface area contributed by atoms with Gasteiger partial charge in [-0.25, -0.2) is 0 Å². The van der Waals surface area contributed by atoms with Gasteiger partial charge in [0.05, 0.1) is 83.6 Å². The average Bonchev–Trinajstić information content (AvgIpc) is 1.61. The van der Waals surface area contributed by atoms with Crippen LogP contribution in [0, 0.1) is 0 Å². The summed E-state index contributed by atoms with van der Waals surface area (Å²) in [6.07, 6.45) is 9.03. The molecule has 0 bridgehead atoms. The second-order valence-electron chi connectivity index (χ2n) is 29.5. The van der Waals surface area contributed by atoms with Crippen molar-refractivity contribution in [3.8, 4) is 51.4 Å². The molecule has 0 amide bonds. The number of hydrogen-bond acceptors (Lipinski definition) is 5. The molecule has 5 aliphatic heterocycles. The Labute approximate surface area is 700 Å². The van der Waals surface area contributed by atoms with Gasteiger partial charge in [-0.15, -0.1) is 0 Å². The molecule has 20 aromatic rings. The number of nitrogens with zero attached hydrogens (tertiary/aromatic N) is 5. The largest absolute Gasteiger partial charge is 0.453 e. The Bertz CT molecular complexity index is 5990. The molecule has 0 aliphatic carbocycles. The van der Waals surface area contributed by atoms with Crippen LogP contribution in [0.5, 0.6) is 23.0 Å². The normalized spacial score (nSPS) is 11.8. The maximum absolute atomic E-state index is 6.06. The molecule has 0 radical (unpaired) electrons. The van der Waals surface area contributed by atoms with E-state index in [1.165, 1.54) is 189 Å². The average molecular weight is 1580 g/mol. The third kappa shape index (κ3) is 14.8. The van der Waals surface area contributed by atoms with Crippen LogP contribution in [0.25, 0.3) is 137 Å². The van der Waals surface area contributed by atoms with Crippen molar-refractivity contribution >= 4 is 144 Å². The summed E-state index contributed by atoms with van der Waals surface area (Å²) in [5, 5.41) is 13.1. The number of fused-ring (bicyclic) bond motifs is 25. The molecule has 0 N–H and O–H groups in total. The predicted molar refractivity (Wildman–Crippen MR) is 505 cm³/mol. The number of aromatic nitrogens is 5. The lowest BCUT2D eigenvalue weighted by Crippen LogP contribution is -2.03. The van der Waals surface area contributed by atoms with Crippen molar-refractivity contribution in [3.05, 3.63) is 334 Å². The standard InChI is InChI=1S/2C18H11NO.3C18H11NS.2C4H10.3C3H8/c5*1-2-8-14-12(6-1)13-7-5-11-17-18(13)19(14)15-9-3-4-10-16(15)20-17;2*1-3-4-2;3*1-3-2/h5*1-11H;2*3-4H2,1-2H3;3*3H2,1-2H3. The minimum Gasteiger partial charge on any atom is -0.453 e. The number of ether oxygens (including phenoxy) is 2. The van der Waals surface area contributed by atoms with E-state index in [4.69, 9.17) is 9.47 Å². The lowest BCUT2D eigenvalue weighted by Gasteiger charge is -2.20. The van der Waals surface area contributed by atoms with Gasteiger partial charge in [0.15, 0.2) is 23.0 Å². The van der Waals surface area contributed by atoms with E-state index in [0.717, 1.165) is 45.4 Å². The zero-order valence-electron chi connectivity index (χ0n) is 68.5. The maximum atomic E-state index is 6.06. The van der Waals surface area contributed by atoms with Gasteiger partial charge in [-0.05, 0) is 121 Å². The van der Waals surface area contributed by atoms with E-state index < -0.39 is 0 Å². The van der Waals surface area contributed by atoms with Crippen molar-refractivity contribution in [2.75, 3.05) is 0 Å². The van der Waals surface area contributed by atoms with Gasteiger partial charge in [-0.3, -0.25) is 0 Å².